The number of fused-ring (bicyclic) bond motifs is 1. The van der Waals surface area contributed by atoms with Gasteiger partial charge in [-0.2, -0.15) is 0 Å². The second-order valence-electron chi connectivity index (χ2n) is 7.90. The number of hydrogen-bond acceptors (Lipinski definition) is 5. The Bertz CT molecular complexity index is 989. The van der Waals surface area contributed by atoms with Crippen molar-refractivity contribution in [2.45, 2.75) is 52.6 Å². The molecule has 1 fully saturated rings. The van der Waals surface area contributed by atoms with Gasteiger partial charge in [0.05, 0.1) is 5.41 Å². The lowest BCUT2D eigenvalue weighted by Gasteiger charge is -2.40. The summed E-state index contributed by atoms with van der Waals surface area (Å²) in [6.07, 6.45) is 2.08. The van der Waals surface area contributed by atoms with Crippen LogP contribution in [0.25, 0.3) is 11.0 Å². The van der Waals surface area contributed by atoms with Gasteiger partial charge in [0.2, 0.25) is 5.91 Å². The van der Waals surface area contributed by atoms with Crippen molar-refractivity contribution in [3.05, 3.63) is 40.2 Å². The molecule has 162 valence electrons. The van der Waals surface area contributed by atoms with Gasteiger partial charge in [-0.15, -0.1) is 0 Å². The van der Waals surface area contributed by atoms with E-state index in [9.17, 15) is 14.4 Å². The van der Waals surface area contributed by atoms with E-state index in [1.54, 1.807) is 31.0 Å². The van der Waals surface area contributed by atoms with Gasteiger partial charge in [0, 0.05) is 37.7 Å². The van der Waals surface area contributed by atoms with Crippen LogP contribution < -0.4 is 15.7 Å². The molecule has 0 spiro atoms. The van der Waals surface area contributed by atoms with E-state index in [0.29, 0.717) is 37.3 Å². The highest BCUT2D eigenvalue weighted by Crippen LogP contribution is 2.35. The molecule has 30 heavy (non-hydrogen) atoms. The van der Waals surface area contributed by atoms with Crippen molar-refractivity contribution >= 4 is 22.8 Å². The maximum Gasteiger partial charge on any atom is 0.336 e. The minimum atomic E-state index is -0.683. The summed E-state index contributed by atoms with van der Waals surface area (Å²) in [5, 5.41) is 3.62. The van der Waals surface area contributed by atoms with Gasteiger partial charge in [-0.3, -0.25) is 9.59 Å². The third kappa shape index (κ3) is 4.20. The van der Waals surface area contributed by atoms with Crippen molar-refractivity contribution in [2.24, 2.45) is 5.41 Å². The number of carbonyl (C=O) groups excluding carboxylic acids is 2. The molecule has 1 N–H and O–H groups in total. The lowest BCUT2D eigenvalue weighted by molar-refractivity contribution is -0.144. The Morgan fingerprint density at radius 3 is 2.53 bits per heavy atom. The van der Waals surface area contributed by atoms with Crippen LogP contribution >= 0.6 is 0 Å². The lowest BCUT2D eigenvalue weighted by Crippen LogP contribution is -2.51. The van der Waals surface area contributed by atoms with Crippen molar-refractivity contribution in [2.75, 3.05) is 20.1 Å². The van der Waals surface area contributed by atoms with E-state index in [2.05, 4.69) is 5.32 Å². The third-order valence-electron chi connectivity index (χ3n) is 6.26. The summed E-state index contributed by atoms with van der Waals surface area (Å²) in [7, 11) is 1.66. The molecule has 2 heterocycles. The zero-order valence-electron chi connectivity index (χ0n) is 18.1. The molecule has 2 amide bonds. The number of nitrogens with one attached hydrogen (secondary N) is 1. The third-order valence-corrected chi connectivity index (χ3v) is 6.26. The minimum absolute atomic E-state index is 0.0468. The number of likely N-dealkylation sites (tertiary alicyclic amines) is 1. The molecule has 1 aliphatic rings. The zero-order chi connectivity index (χ0) is 21.9. The molecular formula is C23H30N2O5. The molecule has 7 heteroatoms. The Hall–Kier alpha value is -2.83. The average molecular weight is 415 g/mol. The number of carbonyl (C=O) groups is 2. The molecule has 0 radical (unpaired) electrons. The first-order valence-corrected chi connectivity index (χ1v) is 10.6. The largest absolute Gasteiger partial charge is 0.481 e. The number of ether oxygens (including phenoxy) is 1. The molecular weight excluding hydrogens is 384 g/mol. The summed E-state index contributed by atoms with van der Waals surface area (Å²) >= 11 is 0. The average Bonchev–Trinajstić information content (AvgIpc) is 2.77. The van der Waals surface area contributed by atoms with Gasteiger partial charge >= 0.3 is 5.63 Å². The zero-order valence-corrected chi connectivity index (χ0v) is 18.1. The van der Waals surface area contributed by atoms with Gasteiger partial charge in [-0.1, -0.05) is 13.8 Å². The van der Waals surface area contributed by atoms with Crippen molar-refractivity contribution in [1.29, 1.82) is 0 Å². The summed E-state index contributed by atoms with van der Waals surface area (Å²) in [5.41, 5.74) is 0.570. The minimum Gasteiger partial charge on any atom is -0.481 e. The van der Waals surface area contributed by atoms with Gasteiger partial charge in [0.25, 0.3) is 5.91 Å². The number of aryl methyl sites for hydroxylation is 1. The molecule has 0 bridgehead atoms. The first-order valence-electron chi connectivity index (χ1n) is 10.6. The van der Waals surface area contributed by atoms with Gasteiger partial charge in [-0.25, -0.2) is 4.79 Å². The molecule has 1 saturated heterocycles. The van der Waals surface area contributed by atoms with Crippen LogP contribution in [0.2, 0.25) is 0 Å². The van der Waals surface area contributed by atoms with Crippen LogP contribution in [0.4, 0.5) is 0 Å². The predicted molar refractivity (Wildman–Crippen MR) is 115 cm³/mol. The first kappa shape index (κ1) is 21.9. The topological polar surface area (TPSA) is 88.8 Å². The fourth-order valence-electron chi connectivity index (χ4n) is 4.25. The first-order chi connectivity index (χ1) is 14.3. The number of hydrogen-bond donors (Lipinski definition) is 1. The Balaban J connectivity index is 1.69. The number of amides is 2. The smallest absolute Gasteiger partial charge is 0.336 e. The summed E-state index contributed by atoms with van der Waals surface area (Å²) in [4.78, 5) is 38.7. The standard InChI is InChI=1S/C23H30N2O5/c1-5-16-13-20(26)30-19-14-17(7-8-18(16)19)29-15(3)21(27)25-11-9-23(6-2,10-12-25)22(28)24-4/h7-8,13-15H,5-6,9-12H2,1-4H3,(H,24,28). The van der Waals surface area contributed by atoms with E-state index >= 15 is 0 Å². The summed E-state index contributed by atoms with van der Waals surface area (Å²) < 4.78 is 11.2. The van der Waals surface area contributed by atoms with Gasteiger partial charge in [0.15, 0.2) is 6.10 Å². The lowest BCUT2D eigenvalue weighted by atomic mass is 9.75. The SMILES string of the molecule is CCc1cc(=O)oc2cc(OC(C)C(=O)N3CCC(CC)(C(=O)NC)CC3)ccc12. The predicted octanol–water partition coefficient (Wildman–Crippen LogP) is 2.89. The van der Waals surface area contributed by atoms with Crippen molar-refractivity contribution < 1.29 is 18.7 Å². The molecule has 1 atom stereocenters. The monoisotopic (exact) mass is 414 g/mol. The molecule has 1 unspecified atom stereocenters. The maximum atomic E-state index is 12.9. The highest BCUT2D eigenvalue weighted by Gasteiger charge is 2.40. The molecule has 0 aliphatic carbocycles. The number of piperidine rings is 1. The highest BCUT2D eigenvalue weighted by molar-refractivity contribution is 5.85. The Morgan fingerprint density at radius 2 is 1.93 bits per heavy atom. The molecule has 1 aromatic carbocycles. The van der Waals surface area contributed by atoms with E-state index < -0.39 is 17.1 Å². The fraction of sp³-hybridized carbons (Fsp3) is 0.522. The Labute approximate surface area is 176 Å². The molecule has 0 saturated carbocycles. The number of benzene rings is 1. The van der Waals surface area contributed by atoms with Crippen LogP contribution in [-0.4, -0.2) is 43.0 Å². The van der Waals surface area contributed by atoms with Crippen LogP contribution in [0, 0.1) is 5.41 Å². The van der Waals surface area contributed by atoms with Crippen LogP contribution in [0.3, 0.4) is 0 Å². The number of rotatable bonds is 6. The number of nitrogens with zero attached hydrogens (tertiary/aromatic N) is 1. The normalized spacial score (nSPS) is 16.9. The molecule has 7 nitrogen and oxygen atoms in total. The van der Waals surface area contributed by atoms with Crippen molar-refractivity contribution in [3.8, 4) is 5.75 Å². The van der Waals surface area contributed by atoms with Crippen LogP contribution in [0.1, 0.15) is 45.6 Å². The van der Waals surface area contributed by atoms with Crippen LogP contribution in [0.5, 0.6) is 5.75 Å². The maximum absolute atomic E-state index is 12.9. The van der Waals surface area contributed by atoms with Crippen molar-refractivity contribution in [1.82, 2.24) is 10.2 Å². The van der Waals surface area contributed by atoms with Crippen LogP contribution in [-0.2, 0) is 16.0 Å². The second kappa shape index (κ2) is 8.90. The van der Waals surface area contributed by atoms with Gasteiger partial charge < -0.3 is 19.4 Å². The summed E-state index contributed by atoms with van der Waals surface area (Å²) in [5.74, 6) is 0.413. The molecule has 3 rings (SSSR count). The van der Waals surface area contributed by atoms with Crippen molar-refractivity contribution in [3.63, 3.8) is 0 Å². The van der Waals surface area contributed by atoms with E-state index in [1.165, 1.54) is 6.07 Å². The van der Waals surface area contributed by atoms with E-state index in [4.69, 9.17) is 9.15 Å². The highest BCUT2D eigenvalue weighted by atomic mass is 16.5. The van der Waals surface area contributed by atoms with E-state index in [-0.39, 0.29) is 11.8 Å². The quantitative estimate of drug-likeness (QED) is 0.734. The molecule has 1 aliphatic heterocycles. The fourth-order valence-corrected chi connectivity index (χ4v) is 4.25. The summed E-state index contributed by atoms with van der Waals surface area (Å²) in [6, 6.07) is 6.79. The van der Waals surface area contributed by atoms with Gasteiger partial charge in [-0.05, 0) is 50.3 Å². The molecule has 2 aromatic rings. The Morgan fingerprint density at radius 1 is 1.23 bits per heavy atom. The van der Waals surface area contributed by atoms with Crippen LogP contribution in [0.15, 0.2) is 33.5 Å². The molecule has 1 aromatic heterocycles. The van der Waals surface area contributed by atoms with Gasteiger partial charge in [0.1, 0.15) is 11.3 Å². The summed E-state index contributed by atoms with van der Waals surface area (Å²) in [6.45, 7) is 6.77. The van der Waals surface area contributed by atoms with E-state index in [1.807, 2.05) is 19.9 Å². The Kier molecular flexibility index (Phi) is 6.48. The van der Waals surface area contributed by atoms with E-state index in [0.717, 1.165) is 23.8 Å². The second-order valence-corrected chi connectivity index (χ2v) is 7.90.